The molecule has 0 aromatic rings. The van der Waals surface area contributed by atoms with Crippen molar-refractivity contribution < 1.29 is 10.2 Å². The third kappa shape index (κ3) is 1.83. The average molecular weight is 138 g/mol. The van der Waals surface area contributed by atoms with Crippen LogP contribution in [0.15, 0.2) is 36.5 Å². The van der Waals surface area contributed by atoms with Crippen LogP contribution in [0.5, 0.6) is 0 Å². The first kappa shape index (κ1) is 7.25. The second-order valence-electron chi connectivity index (χ2n) is 2.14. The van der Waals surface area contributed by atoms with Crippen LogP contribution in [-0.2, 0) is 0 Å². The molecule has 0 spiro atoms. The highest BCUT2D eigenvalue weighted by Gasteiger charge is 2.08. The monoisotopic (exact) mass is 138 g/mol. The van der Waals surface area contributed by atoms with Gasteiger partial charge in [0.05, 0.1) is 0 Å². The van der Waals surface area contributed by atoms with E-state index >= 15 is 0 Å². The molecule has 2 heteroatoms. The quantitative estimate of drug-likeness (QED) is 0.508. The van der Waals surface area contributed by atoms with E-state index in [0.29, 0.717) is 0 Å². The highest BCUT2D eigenvalue weighted by molar-refractivity contribution is 5.17. The van der Waals surface area contributed by atoms with Crippen LogP contribution in [0.25, 0.3) is 0 Å². The van der Waals surface area contributed by atoms with E-state index in [1.54, 1.807) is 36.5 Å². The topological polar surface area (TPSA) is 40.5 Å². The minimum atomic E-state index is -0.777. The van der Waals surface area contributed by atoms with Crippen molar-refractivity contribution in [1.82, 2.24) is 0 Å². The minimum absolute atomic E-state index is 0.777. The third-order valence-electron chi connectivity index (χ3n) is 1.30. The molecule has 0 aliphatic heterocycles. The van der Waals surface area contributed by atoms with Crippen molar-refractivity contribution >= 4 is 0 Å². The molecule has 0 amide bonds. The summed E-state index contributed by atoms with van der Waals surface area (Å²) in [7, 11) is 0. The fraction of sp³-hybridized carbons (Fsp3) is 0.250. The summed E-state index contributed by atoms with van der Waals surface area (Å²) in [6.45, 7) is 0. The Hall–Kier alpha value is -0.860. The molecule has 0 radical (unpaired) electrons. The van der Waals surface area contributed by atoms with E-state index in [4.69, 9.17) is 10.2 Å². The highest BCUT2D eigenvalue weighted by Crippen LogP contribution is 2.00. The Morgan fingerprint density at radius 1 is 0.700 bits per heavy atom. The lowest BCUT2D eigenvalue weighted by Gasteiger charge is -2.09. The molecule has 2 nitrogen and oxygen atoms in total. The van der Waals surface area contributed by atoms with Crippen LogP contribution in [0.3, 0.4) is 0 Å². The zero-order valence-electron chi connectivity index (χ0n) is 5.51. The summed E-state index contributed by atoms with van der Waals surface area (Å²) in [6, 6.07) is 0. The molecule has 2 unspecified atom stereocenters. The van der Waals surface area contributed by atoms with Crippen LogP contribution in [0.4, 0.5) is 0 Å². The highest BCUT2D eigenvalue weighted by atomic mass is 16.3. The molecular weight excluding hydrogens is 128 g/mol. The molecule has 2 N–H and O–H groups in total. The SMILES string of the molecule is OC1\C=C/C=C\C=C/C1O. The maximum absolute atomic E-state index is 9.06. The molecule has 0 aromatic carbocycles. The van der Waals surface area contributed by atoms with E-state index in [-0.39, 0.29) is 0 Å². The Morgan fingerprint density at radius 3 is 1.50 bits per heavy atom. The van der Waals surface area contributed by atoms with Gasteiger partial charge >= 0.3 is 0 Å². The van der Waals surface area contributed by atoms with Gasteiger partial charge in [-0.25, -0.2) is 0 Å². The predicted octanol–water partition coefficient (Wildman–Crippen LogP) is 0.390. The van der Waals surface area contributed by atoms with Crippen LogP contribution in [0.2, 0.25) is 0 Å². The van der Waals surface area contributed by atoms with Gasteiger partial charge in [-0.15, -0.1) is 0 Å². The van der Waals surface area contributed by atoms with Crippen molar-refractivity contribution in [3.05, 3.63) is 36.5 Å². The summed E-state index contributed by atoms with van der Waals surface area (Å²) in [4.78, 5) is 0. The van der Waals surface area contributed by atoms with Gasteiger partial charge in [0.2, 0.25) is 0 Å². The number of rotatable bonds is 0. The minimum Gasteiger partial charge on any atom is -0.386 e. The van der Waals surface area contributed by atoms with Crippen LogP contribution >= 0.6 is 0 Å². The summed E-state index contributed by atoms with van der Waals surface area (Å²) in [5.74, 6) is 0. The van der Waals surface area contributed by atoms with Gasteiger partial charge in [0.15, 0.2) is 0 Å². The lowest BCUT2D eigenvalue weighted by molar-refractivity contribution is 0.0807. The second-order valence-corrected chi connectivity index (χ2v) is 2.14. The number of aliphatic hydroxyl groups excluding tert-OH is 2. The normalized spacial score (nSPS) is 41.4. The van der Waals surface area contributed by atoms with Crippen molar-refractivity contribution in [2.45, 2.75) is 12.2 Å². The van der Waals surface area contributed by atoms with Gasteiger partial charge < -0.3 is 10.2 Å². The van der Waals surface area contributed by atoms with Gasteiger partial charge in [0, 0.05) is 0 Å². The number of allylic oxidation sites excluding steroid dienone is 4. The van der Waals surface area contributed by atoms with Gasteiger partial charge in [-0.3, -0.25) is 0 Å². The summed E-state index contributed by atoms with van der Waals surface area (Å²) in [6.07, 6.45) is 8.55. The van der Waals surface area contributed by atoms with E-state index in [1.165, 1.54) is 0 Å². The van der Waals surface area contributed by atoms with E-state index in [0.717, 1.165) is 0 Å². The first-order valence-corrected chi connectivity index (χ1v) is 3.18. The molecule has 1 aliphatic rings. The number of aliphatic hydroxyl groups is 2. The molecule has 0 bridgehead atoms. The van der Waals surface area contributed by atoms with Gasteiger partial charge in [-0.05, 0) is 0 Å². The van der Waals surface area contributed by atoms with Crippen molar-refractivity contribution in [2.75, 3.05) is 0 Å². The van der Waals surface area contributed by atoms with Gasteiger partial charge in [0.25, 0.3) is 0 Å². The van der Waals surface area contributed by atoms with Gasteiger partial charge in [-0.2, -0.15) is 0 Å². The average Bonchev–Trinajstić information content (AvgIpc) is 1.92. The van der Waals surface area contributed by atoms with Crippen LogP contribution < -0.4 is 0 Å². The van der Waals surface area contributed by atoms with Crippen molar-refractivity contribution in [3.63, 3.8) is 0 Å². The Labute approximate surface area is 59.8 Å². The molecule has 0 fully saturated rings. The second kappa shape index (κ2) is 3.34. The zero-order chi connectivity index (χ0) is 7.40. The number of hydrogen-bond acceptors (Lipinski definition) is 2. The number of hydrogen-bond donors (Lipinski definition) is 2. The Balaban J connectivity index is 2.71. The zero-order valence-corrected chi connectivity index (χ0v) is 5.51. The van der Waals surface area contributed by atoms with E-state index in [2.05, 4.69) is 0 Å². The Bertz CT molecular complexity index is 160. The molecule has 10 heavy (non-hydrogen) atoms. The van der Waals surface area contributed by atoms with Gasteiger partial charge in [0.1, 0.15) is 12.2 Å². The summed E-state index contributed by atoms with van der Waals surface area (Å²) in [5.41, 5.74) is 0. The van der Waals surface area contributed by atoms with Crippen LogP contribution in [-0.4, -0.2) is 22.4 Å². The van der Waals surface area contributed by atoms with Crippen molar-refractivity contribution in [1.29, 1.82) is 0 Å². The molecular formula is C8H10O2. The molecule has 0 heterocycles. The first-order chi connectivity index (χ1) is 4.80. The third-order valence-corrected chi connectivity index (χ3v) is 1.30. The molecule has 0 aromatic heterocycles. The lowest BCUT2D eigenvalue weighted by Crippen LogP contribution is -2.21. The Kier molecular flexibility index (Phi) is 2.42. The summed E-state index contributed by atoms with van der Waals surface area (Å²) < 4.78 is 0. The van der Waals surface area contributed by atoms with Gasteiger partial charge in [-0.1, -0.05) is 36.5 Å². The molecule has 0 saturated heterocycles. The summed E-state index contributed by atoms with van der Waals surface area (Å²) >= 11 is 0. The van der Waals surface area contributed by atoms with E-state index in [9.17, 15) is 0 Å². The molecule has 54 valence electrons. The standard InChI is InChI=1S/C8H10O2/c9-7-5-3-1-2-4-6-8(7)10/h1-10H/b2-1-,5-3-,6-4-. The van der Waals surface area contributed by atoms with E-state index < -0.39 is 12.2 Å². The smallest absolute Gasteiger partial charge is 0.102 e. The fourth-order valence-electron chi connectivity index (χ4n) is 0.712. The largest absolute Gasteiger partial charge is 0.386 e. The predicted molar refractivity (Wildman–Crippen MR) is 39.4 cm³/mol. The summed E-state index contributed by atoms with van der Waals surface area (Å²) in [5, 5.41) is 18.1. The van der Waals surface area contributed by atoms with Crippen molar-refractivity contribution in [3.8, 4) is 0 Å². The fourth-order valence-corrected chi connectivity index (χ4v) is 0.712. The van der Waals surface area contributed by atoms with Crippen LogP contribution in [0.1, 0.15) is 0 Å². The van der Waals surface area contributed by atoms with Crippen LogP contribution in [0, 0.1) is 0 Å². The van der Waals surface area contributed by atoms with E-state index in [1.807, 2.05) is 0 Å². The molecule has 0 saturated carbocycles. The maximum atomic E-state index is 9.06. The lowest BCUT2D eigenvalue weighted by atomic mass is 10.1. The maximum Gasteiger partial charge on any atom is 0.102 e. The molecule has 1 aliphatic carbocycles. The molecule has 2 atom stereocenters. The molecule has 1 rings (SSSR count). The van der Waals surface area contributed by atoms with Crippen molar-refractivity contribution in [2.24, 2.45) is 0 Å². The first-order valence-electron chi connectivity index (χ1n) is 3.18. The Morgan fingerprint density at radius 2 is 1.10 bits per heavy atom.